The molecule has 0 aromatic heterocycles. The Kier molecular flexibility index (Phi) is 4.85. The molecule has 1 N–H and O–H groups in total. The molecule has 2 aromatic carbocycles. The van der Waals surface area contributed by atoms with E-state index in [4.69, 9.17) is 9.47 Å². The smallest absolute Gasteiger partial charge is 0.161 e. The number of benzene rings is 2. The number of methoxy groups -OCH3 is 2. The van der Waals surface area contributed by atoms with Crippen LogP contribution in [0.2, 0.25) is 0 Å². The molecule has 21 heavy (non-hydrogen) atoms. The van der Waals surface area contributed by atoms with E-state index in [9.17, 15) is 9.50 Å². The molecule has 2 rings (SSSR count). The molecule has 0 fully saturated rings. The van der Waals surface area contributed by atoms with Gasteiger partial charge in [-0.25, -0.2) is 4.39 Å². The van der Waals surface area contributed by atoms with Crippen molar-refractivity contribution in [1.82, 2.24) is 0 Å². The second-order valence-corrected chi connectivity index (χ2v) is 5.49. The minimum Gasteiger partial charge on any atom is -0.493 e. The second kappa shape index (κ2) is 6.45. The lowest BCUT2D eigenvalue weighted by Crippen LogP contribution is -2.03. The number of aliphatic hydroxyl groups excluding tert-OH is 1. The van der Waals surface area contributed by atoms with Gasteiger partial charge in [0.25, 0.3) is 0 Å². The van der Waals surface area contributed by atoms with Gasteiger partial charge in [-0.15, -0.1) is 0 Å². The fraction of sp³-hybridized carbons (Fsp3) is 0.250. The van der Waals surface area contributed by atoms with Crippen molar-refractivity contribution >= 4 is 15.9 Å². The summed E-state index contributed by atoms with van der Waals surface area (Å²) >= 11 is 3.41. The molecule has 1 atom stereocenters. The van der Waals surface area contributed by atoms with Crippen molar-refractivity contribution in [2.45, 2.75) is 13.0 Å². The molecule has 2 aromatic rings. The number of aliphatic hydroxyl groups is 1. The number of aryl methyl sites for hydroxylation is 1. The third kappa shape index (κ3) is 3.19. The summed E-state index contributed by atoms with van der Waals surface area (Å²) in [6, 6.07) is 7.97. The molecule has 5 heteroatoms. The molecule has 0 amide bonds. The number of ether oxygens (including phenoxy) is 2. The zero-order valence-electron chi connectivity index (χ0n) is 12.0. The largest absolute Gasteiger partial charge is 0.493 e. The van der Waals surface area contributed by atoms with Gasteiger partial charge in [-0.1, -0.05) is 28.1 Å². The molecular formula is C16H16BrFO3. The Morgan fingerprint density at radius 1 is 1.10 bits per heavy atom. The zero-order valence-corrected chi connectivity index (χ0v) is 13.6. The lowest BCUT2D eigenvalue weighted by molar-refractivity contribution is 0.218. The number of hydrogen-bond donors (Lipinski definition) is 1. The predicted molar refractivity (Wildman–Crippen MR) is 82.4 cm³/mol. The number of hydrogen-bond acceptors (Lipinski definition) is 3. The van der Waals surface area contributed by atoms with E-state index < -0.39 is 6.10 Å². The first-order chi connectivity index (χ1) is 9.97. The molecule has 0 aliphatic heterocycles. The van der Waals surface area contributed by atoms with Gasteiger partial charge in [-0.05, 0) is 36.2 Å². The van der Waals surface area contributed by atoms with E-state index in [0.717, 1.165) is 0 Å². The highest BCUT2D eigenvalue weighted by atomic mass is 79.9. The third-order valence-corrected chi connectivity index (χ3v) is 3.98. The second-order valence-electron chi connectivity index (χ2n) is 4.64. The normalized spacial score (nSPS) is 12.1. The van der Waals surface area contributed by atoms with Gasteiger partial charge >= 0.3 is 0 Å². The lowest BCUT2D eigenvalue weighted by Gasteiger charge is -2.17. The zero-order chi connectivity index (χ0) is 15.6. The van der Waals surface area contributed by atoms with E-state index in [1.165, 1.54) is 13.2 Å². The summed E-state index contributed by atoms with van der Waals surface area (Å²) in [4.78, 5) is 0. The summed E-state index contributed by atoms with van der Waals surface area (Å²) in [7, 11) is 3.08. The van der Waals surface area contributed by atoms with Crippen LogP contribution in [0.25, 0.3) is 0 Å². The molecule has 0 bridgehead atoms. The predicted octanol–water partition coefficient (Wildman–Crippen LogP) is 4.00. The Morgan fingerprint density at radius 2 is 1.71 bits per heavy atom. The topological polar surface area (TPSA) is 38.7 Å². The van der Waals surface area contributed by atoms with Crippen molar-refractivity contribution in [1.29, 1.82) is 0 Å². The standard InChI is InChI=1S/C16H16BrFO3/c1-9-6-10(4-5-13(9)18)16(19)11-7-14(20-2)15(21-3)8-12(11)17/h4-8,16,19H,1-3H3. The van der Waals surface area contributed by atoms with Gasteiger partial charge in [0, 0.05) is 10.0 Å². The summed E-state index contributed by atoms with van der Waals surface area (Å²) in [6.07, 6.45) is -0.890. The Balaban J connectivity index is 2.47. The number of halogens is 2. The molecule has 0 radical (unpaired) electrons. The molecule has 0 saturated heterocycles. The summed E-state index contributed by atoms with van der Waals surface area (Å²) in [5.41, 5.74) is 1.73. The molecular weight excluding hydrogens is 339 g/mol. The van der Waals surface area contributed by atoms with Crippen molar-refractivity contribution in [2.24, 2.45) is 0 Å². The molecule has 0 aliphatic carbocycles. The van der Waals surface area contributed by atoms with Crippen LogP contribution in [0.15, 0.2) is 34.8 Å². The average molecular weight is 355 g/mol. The van der Waals surface area contributed by atoms with Crippen LogP contribution in [0.5, 0.6) is 11.5 Å². The average Bonchev–Trinajstić information content (AvgIpc) is 2.49. The molecule has 112 valence electrons. The first kappa shape index (κ1) is 15.8. The van der Waals surface area contributed by atoms with E-state index in [-0.39, 0.29) is 5.82 Å². The van der Waals surface area contributed by atoms with Crippen molar-refractivity contribution in [3.05, 3.63) is 57.3 Å². The van der Waals surface area contributed by atoms with Gasteiger partial charge in [0.1, 0.15) is 11.9 Å². The van der Waals surface area contributed by atoms with E-state index >= 15 is 0 Å². The number of rotatable bonds is 4. The van der Waals surface area contributed by atoms with Crippen molar-refractivity contribution in [3.8, 4) is 11.5 Å². The molecule has 0 spiro atoms. The van der Waals surface area contributed by atoms with Crippen molar-refractivity contribution < 1.29 is 19.0 Å². The van der Waals surface area contributed by atoms with Crippen LogP contribution < -0.4 is 9.47 Å². The Bertz CT molecular complexity index is 658. The van der Waals surface area contributed by atoms with Crippen LogP contribution in [0.4, 0.5) is 4.39 Å². The summed E-state index contributed by atoms with van der Waals surface area (Å²) in [6.45, 7) is 1.66. The van der Waals surface area contributed by atoms with Gasteiger partial charge < -0.3 is 14.6 Å². The van der Waals surface area contributed by atoms with Crippen molar-refractivity contribution in [3.63, 3.8) is 0 Å². The summed E-state index contributed by atoms with van der Waals surface area (Å²) in [5, 5.41) is 10.5. The molecule has 0 aliphatic rings. The minimum absolute atomic E-state index is 0.294. The molecule has 3 nitrogen and oxygen atoms in total. The SMILES string of the molecule is COc1cc(Br)c(C(O)c2ccc(F)c(C)c2)cc1OC. The minimum atomic E-state index is -0.890. The maximum Gasteiger partial charge on any atom is 0.161 e. The first-order valence-electron chi connectivity index (χ1n) is 6.33. The summed E-state index contributed by atoms with van der Waals surface area (Å²) < 4.78 is 24.5. The van der Waals surface area contributed by atoms with E-state index in [0.29, 0.717) is 32.7 Å². The highest BCUT2D eigenvalue weighted by Crippen LogP contribution is 2.38. The molecule has 1 unspecified atom stereocenters. The van der Waals surface area contributed by atoms with E-state index in [2.05, 4.69) is 15.9 Å². The monoisotopic (exact) mass is 354 g/mol. The van der Waals surface area contributed by atoms with Crippen LogP contribution >= 0.6 is 15.9 Å². The van der Waals surface area contributed by atoms with Gasteiger partial charge in [0.15, 0.2) is 11.5 Å². The molecule has 0 heterocycles. The first-order valence-corrected chi connectivity index (χ1v) is 7.12. The van der Waals surface area contributed by atoms with Crippen LogP contribution in [0, 0.1) is 12.7 Å². The Morgan fingerprint density at radius 3 is 2.29 bits per heavy atom. The maximum atomic E-state index is 13.3. The third-order valence-electron chi connectivity index (χ3n) is 3.30. The lowest BCUT2D eigenvalue weighted by atomic mass is 9.99. The van der Waals surface area contributed by atoms with E-state index in [1.807, 2.05) is 0 Å². The van der Waals surface area contributed by atoms with Crippen LogP contribution in [-0.2, 0) is 0 Å². The van der Waals surface area contributed by atoms with Gasteiger partial charge in [0.05, 0.1) is 14.2 Å². The van der Waals surface area contributed by atoms with Crippen LogP contribution in [0.1, 0.15) is 22.8 Å². The quantitative estimate of drug-likeness (QED) is 0.901. The van der Waals surface area contributed by atoms with Gasteiger partial charge in [-0.3, -0.25) is 0 Å². The van der Waals surface area contributed by atoms with Crippen molar-refractivity contribution in [2.75, 3.05) is 14.2 Å². The van der Waals surface area contributed by atoms with Gasteiger partial charge in [-0.2, -0.15) is 0 Å². The highest BCUT2D eigenvalue weighted by Gasteiger charge is 2.18. The molecule has 0 saturated carbocycles. The van der Waals surface area contributed by atoms with Crippen LogP contribution in [0.3, 0.4) is 0 Å². The Hall–Kier alpha value is -1.59. The Labute approximate surface area is 131 Å². The van der Waals surface area contributed by atoms with Crippen LogP contribution in [-0.4, -0.2) is 19.3 Å². The fourth-order valence-electron chi connectivity index (χ4n) is 2.10. The van der Waals surface area contributed by atoms with Gasteiger partial charge in [0.2, 0.25) is 0 Å². The maximum absolute atomic E-state index is 13.3. The highest BCUT2D eigenvalue weighted by molar-refractivity contribution is 9.10. The fourth-order valence-corrected chi connectivity index (χ4v) is 2.64. The van der Waals surface area contributed by atoms with E-state index in [1.54, 1.807) is 38.3 Å². The summed E-state index contributed by atoms with van der Waals surface area (Å²) in [5.74, 6) is 0.793.